The third-order valence-electron chi connectivity index (χ3n) is 3.15. The maximum absolute atomic E-state index is 10.6. The Kier molecular flexibility index (Phi) is 7.27. The lowest BCUT2D eigenvalue weighted by atomic mass is 10.1. The molecule has 0 saturated heterocycles. The molecule has 0 amide bonds. The minimum absolute atomic E-state index is 0.0773. The Balaban J connectivity index is 2.40. The molecule has 1 rings (SSSR count). The molecule has 120 valence electrons. The summed E-state index contributed by atoms with van der Waals surface area (Å²) in [5, 5.41) is 27.6. The molecule has 1 heterocycles. The highest BCUT2D eigenvalue weighted by molar-refractivity contribution is 5.20. The van der Waals surface area contributed by atoms with Gasteiger partial charge in [0, 0.05) is 19.2 Å². The van der Waals surface area contributed by atoms with Crippen LogP contribution in [0, 0.1) is 16.0 Å². The molecule has 0 spiro atoms. The number of nitrogens with one attached hydrogen (secondary N) is 1. The first-order valence-corrected chi connectivity index (χ1v) is 7.10. The number of aromatic nitrogens is 2. The summed E-state index contributed by atoms with van der Waals surface area (Å²) in [4.78, 5) is 10.0. The molecule has 8 heteroatoms. The lowest BCUT2D eigenvalue weighted by Gasteiger charge is -2.23. The van der Waals surface area contributed by atoms with Crippen LogP contribution in [0.3, 0.4) is 0 Å². The summed E-state index contributed by atoms with van der Waals surface area (Å²) < 4.78 is 6.77. The molecule has 1 aromatic rings. The number of nitro groups is 1. The van der Waals surface area contributed by atoms with Gasteiger partial charge >= 0.3 is 5.69 Å². The minimum Gasteiger partial charge on any atom is -0.390 e. The minimum atomic E-state index is -0.674. The fourth-order valence-electron chi connectivity index (χ4n) is 1.85. The molecule has 2 unspecified atom stereocenters. The molecule has 0 bridgehead atoms. The summed E-state index contributed by atoms with van der Waals surface area (Å²) in [5.74, 6) is 0.384. The zero-order valence-corrected chi connectivity index (χ0v) is 12.7. The number of hydrogen-bond donors (Lipinski definition) is 2. The van der Waals surface area contributed by atoms with Crippen molar-refractivity contribution in [1.82, 2.24) is 15.1 Å². The van der Waals surface area contributed by atoms with Gasteiger partial charge in [-0.1, -0.05) is 13.8 Å². The summed E-state index contributed by atoms with van der Waals surface area (Å²) >= 11 is 0. The van der Waals surface area contributed by atoms with Crippen molar-refractivity contribution in [2.45, 2.75) is 39.5 Å². The summed E-state index contributed by atoms with van der Waals surface area (Å²) in [6.45, 7) is 7.94. The monoisotopic (exact) mass is 300 g/mol. The van der Waals surface area contributed by atoms with Crippen molar-refractivity contribution >= 4 is 5.69 Å². The molecular weight excluding hydrogens is 276 g/mol. The molecule has 0 aliphatic rings. The van der Waals surface area contributed by atoms with Gasteiger partial charge in [0.25, 0.3) is 0 Å². The van der Waals surface area contributed by atoms with Crippen molar-refractivity contribution in [3.63, 3.8) is 0 Å². The Labute approximate surface area is 124 Å². The van der Waals surface area contributed by atoms with Crippen molar-refractivity contribution < 1.29 is 14.8 Å². The van der Waals surface area contributed by atoms with Gasteiger partial charge in [-0.15, -0.1) is 0 Å². The van der Waals surface area contributed by atoms with Gasteiger partial charge in [0.15, 0.2) is 0 Å². The van der Waals surface area contributed by atoms with Gasteiger partial charge < -0.3 is 15.2 Å². The van der Waals surface area contributed by atoms with Crippen LogP contribution < -0.4 is 5.32 Å². The van der Waals surface area contributed by atoms with E-state index in [2.05, 4.69) is 24.3 Å². The second-order valence-electron chi connectivity index (χ2n) is 5.25. The molecule has 0 aromatic carbocycles. The normalized spacial score (nSPS) is 14.3. The molecule has 8 nitrogen and oxygen atoms in total. The molecule has 2 N–H and O–H groups in total. The van der Waals surface area contributed by atoms with E-state index in [9.17, 15) is 15.2 Å². The van der Waals surface area contributed by atoms with Gasteiger partial charge in [-0.05, 0) is 12.8 Å². The number of aliphatic hydroxyl groups is 1. The Hall–Kier alpha value is -1.51. The van der Waals surface area contributed by atoms with Crippen LogP contribution in [0.1, 0.15) is 20.8 Å². The molecule has 2 atom stereocenters. The third-order valence-corrected chi connectivity index (χ3v) is 3.15. The molecule has 0 saturated carbocycles. The molecular formula is C13H24N4O4. The zero-order chi connectivity index (χ0) is 15.8. The average Bonchev–Trinajstić information content (AvgIpc) is 2.87. The predicted octanol–water partition coefficient (Wildman–Crippen LogP) is 0.803. The van der Waals surface area contributed by atoms with E-state index in [0.717, 1.165) is 0 Å². The largest absolute Gasteiger partial charge is 0.390 e. The number of rotatable bonds is 10. The van der Waals surface area contributed by atoms with Crippen LogP contribution in [0.4, 0.5) is 5.69 Å². The SMILES string of the molecule is CCOCC(NCC(O)Cn1cc([N+](=O)[O-])cn1)C(C)C. The second-order valence-corrected chi connectivity index (χ2v) is 5.25. The molecule has 1 aromatic heterocycles. The quantitative estimate of drug-likeness (QED) is 0.489. The molecule has 21 heavy (non-hydrogen) atoms. The van der Waals surface area contributed by atoms with Gasteiger partial charge in [0.2, 0.25) is 0 Å². The fraction of sp³-hybridized carbons (Fsp3) is 0.769. The second kappa shape index (κ2) is 8.71. The molecule has 0 aliphatic heterocycles. The lowest BCUT2D eigenvalue weighted by Crippen LogP contribution is -2.43. The number of aliphatic hydroxyl groups excluding tert-OH is 1. The first kappa shape index (κ1) is 17.5. The summed E-state index contributed by atoms with van der Waals surface area (Å²) in [6, 6.07) is 0.159. The Morgan fingerprint density at radius 2 is 2.29 bits per heavy atom. The molecule has 0 fully saturated rings. The van der Waals surface area contributed by atoms with Crippen LogP contribution in [0.15, 0.2) is 12.4 Å². The van der Waals surface area contributed by atoms with E-state index in [1.54, 1.807) is 0 Å². The summed E-state index contributed by atoms with van der Waals surface area (Å²) in [5.41, 5.74) is -0.0773. The van der Waals surface area contributed by atoms with Gasteiger partial charge in [0.05, 0.1) is 24.2 Å². The highest BCUT2D eigenvalue weighted by Crippen LogP contribution is 2.08. The van der Waals surface area contributed by atoms with Crippen LogP contribution in [-0.4, -0.2) is 51.7 Å². The maximum Gasteiger partial charge on any atom is 0.306 e. The molecule has 0 radical (unpaired) electrons. The number of hydrogen-bond acceptors (Lipinski definition) is 6. The van der Waals surface area contributed by atoms with Gasteiger partial charge in [-0.2, -0.15) is 5.10 Å². The number of ether oxygens (including phenoxy) is 1. The van der Waals surface area contributed by atoms with E-state index < -0.39 is 11.0 Å². The van der Waals surface area contributed by atoms with E-state index in [0.29, 0.717) is 25.7 Å². The van der Waals surface area contributed by atoms with Crippen molar-refractivity contribution in [3.8, 4) is 0 Å². The van der Waals surface area contributed by atoms with Crippen LogP contribution >= 0.6 is 0 Å². The van der Waals surface area contributed by atoms with Crippen LogP contribution in [-0.2, 0) is 11.3 Å². The fourth-order valence-corrected chi connectivity index (χ4v) is 1.85. The maximum atomic E-state index is 10.6. The Bertz CT molecular complexity index is 436. The predicted molar refractivity (Wildman–Crippen MR) is 78.0 cm³/mol. The standard InChI is InChI=1S/C13H24N4O4/c1-4-21-9-13(10(2)3)14-6-12(18)8-16-7-11(5-15-16)17(19)20/h5,7,10,12-14,18H,4,6,8-9H2,1-3H3. The van der Waals surface area contributed by atoms with Crippen LogP contribution in [0.25, 0.3) is 0 Å². The van der Waals surface area contributed by atoms with Gasteiger partial charge in [-0.25, -0.2) is 0 Å². The van der Waals surface area contributed by atoms with E-state index in [-0.39, 0.29) is 18.3 Å². The smallest absolute Gasteiger partial charge is 0.306 e. The van der Waals surface area contributed by atoms with Crippen LogP contribution in [0.5, 0.6) is 0 Å². The van der Waals surface area contributed by atoms with Gasteiger partial charge in [0.1, 0.15) is 12.4 Å². The van der Waals surface area contributed by atoms with E-state index in [4.69, 9.17) is 4.74 Å². The topological polar surface area (TPSA) is 102 Å². The van der Waals surface area contributed by atoms with Gasteiger partial charge in [-0.3, -0.25) is 14.8 Å². The van der Waals surface area contributed by atoms with Crippen LogP contribution in [0.2, 0.25) is 0 Å². The van der Waals surface area contributed by atoms with Crippen molar-refractivity contribution in [1.29, 1.82) is 0 Å². The van der Waals surface area contributed by atoms with Crippen molar-refractivity contribution in [3.05, 3.63) is 22.5 Å². The zero-order valence-electron chi connectivity index (χ0n) is 12.7. The first-order chi connectivity index (χ1) is 9.93. The Morgan fingerprint density at radius 3 is 2.81 bits per heavy atom. The summed E-state index contributed by atoms with van der Waals surface area (Å²) in [7, 11) is 0. The highest BCUT2D eigenvalue weighted by atomic mass is 16.6. The summed E-state index contributed by atoms with van der Waals surface area (Å²) in [6.07, 6.45) is 1.81. The van der Waals surface area contributed by atoms with E-state index in [1.807, 2.05) is 6.92 Å². The Morgan fingerprint density at radius 1 is 1.57 bits per heavy atom. The van der Waals surface area contributed by atoms with E-state index in [1.165, 1.54) is 17.1 Å². The van der Waals surface area contributed by atoms with Crippen molar-refractivity contribution in [2.75, 3.05) is 19.8 Å². The first-order valence-electron chi connectivity index (χ1n) is 7.10. The van der Waals surface area contributed by atoms with Crippen molar-refractivity contribution in [2.24, 2.45) is 5.92 Å². The lowest BCUT2D eigenvalue weighted by molar-refractivity contribution is -0.385. The number of nitrogens with zero attached hydrogens (tertiary/aromatic N) is 3. The van der Waals surface area contributed by atoms with E-state index >= 15 is 0 Å². The third kappa shape index (κ3) is 6.19. The highest BCUT2D eigenvalue weighted by Gasteiger charge is 2.16. The molecule has 0 aliphatic carbocycles. The average molecular weight is 300 g/mol.